The normalized spacial score (nSPS) is 16.3. The number of anilines is 1. The lowest BCUT2D eigenvalue weighted by atomic mass is 10.2. The molecule has 0 aromatic heterocycles. The Bertz CT molecular complexity index is 450. The van der Waals surface area contributed by atoms with E-state index in [2.05, 4.69) is 22.2 Å². The Hall–Kier alpha value is -1.97. The van der Waals surface area contributed by atoms with E-state index in [0.29, 0.717) is 12.6 Å². The summed E-state index contributed by atoms with van der Waals surface area (Å²) in [5.74, 6) is 0.992. The van der Waals surface area contributed by atoms with Crippen molar-refractivity contribution in [2.45, 2.75) is 31.7 Å². The molecule has 4 nitrogen and oxygen atoms in total. The van der Waals surface area contributed by atoms with E-state index in [9.17, 15) is 5.11 Å². The third-order valence-electron chi connectivity index (χ3n) is 3.18. The van der Waals surface area contributed by atoms with Crippen molar-refractivity contribution in [3.63, 3.8) is 0 Å². The van der Waals surface area contributed by atoms with Crippen LogP contribution in [0.5, 0.6) is 5.75 Å². The Morgan fingerprint density at radius 3 is 2.89 bits per heavy atom. The van der Waals surface area contributed by atoms with Crippen molar-refractivity contribution in [2.24, 2.45) is 4.99 Å². The fourth-order valence-corrected chi connectivity index (χ4v) is 2.26. The largest absolute Gasteiger partial charge is 0.508 e. The number of phenols is 1. The summed E-state index contributed by atoms with van der Waals surface area (Å²) in [6.45, 7) is 4.25. The second-order valence-corrected chi connectivity index (χ2v) is 4.78. The lowest BCUT2D eigenvalue weighted by Crippen LogP contribution is -2.37. The van der Waals surface area contributed by atoms with Crippen LogP contribution in [0.4, 0.5) is 5.69 Å². The molecule has 0 amide bonds. The Morgan fingerprint density at radius 2 is 2.21 bits per heavy atom. The van der Waals surface area contributed by atoms with Gasteiger partial charge in [0, 0.05) is 17.8 Å². The maximum Gasteiger partial charge on any atom is 0.196 e. The molecule has 1 fully saturated rings. The van der Waals surface area contributed by atoms with Gasteiger partial charge in [0.1, 0.15) is 5.75 Å². The third kappa shape index (κ3) is 4.32. The first-order valence-corrected chi connectivity index (χ1v) is 6.76. The van der Waals surface area contributed by atoms with Gasteiger partial charge in [-0.25, -0.2) is 4.99 Å². The van der Waals surface area contributed by atoms with Crippen LogP contribution in [0.15, 0.2) is 41.9 Å². The van der Waals surface area contributed by atoms with E-state index in [1.54, 1.807) is 24.3 Å². The highest BCUT2D eigenvalue weighted by Gasteiger charge is 2.16. The Balaban J connectivity index is 2.02. The summed E-state index contributed by atoms with van der Waals surface area (Å²) in [6, 6.07) is 7.53. The van der Waals surface area contributed by atoms with Gasteiger partial charge in [0.25, 0.3) is 0 Å². The first-order chi connectivity index (χ1) is 9.28. The van der Waals surface area contributed by atoms with Crippen LogP contribution in [0.2, 0.25) is 0 Å². The number of benzene rings is 1. The minimum absolute atomic E-state index is 0.244. The first-order valence-electron chi connectivity index (χ1n) is 6.76. The second kappa shape index (κ2) is 6.83. The van der Waals surface area contributed by atoms with Crippen LogP contribution < -0.4 is 10.6 Å². The zero-order valence-corrected chi connectivity index (χ0v) is 11.1. The van der Waals surface area contributed by atoms with Crippen molar-refractivity contribution in [2.75, 3.05) is 11.9 Å². The number of hydrogen-bond acceptors (Lipinski definition) is 2. The average molecular weight is 259 g/mol. The van der Waals surface area contributed by atoms with E-state index in [0.717, 1.165) is 11.6 Å². The highest BCUT2D eigenvalue weighted by Crippen LogP contribution is 2.18. The number of nitrogens with one attached hydrogen (secondary N) is 2. The molecule has 1 aromatic rings. The predicted molar refractivity (Wildman–Crippen MR) is 79.6 cm³/mol. The van der Waals surface area contributed by atoms with Gasteiger partial charge in [0.15, 0.2) is 5.96 Å². The minimum Gasteiger partial charge on any atom is -0.508 e. The molecule has 0 radical (unpaired) electrons. The van der Waals surface area contributed by atoms with Gasteiger partial charge in [0.05, 0.1) is 6.54 Å². The highest BCUT2D eigenvalue weighted by atomic mass is 16.3. The van der Waals surface area contributed by atoms with Crippen LogP contribution in [0, 0.1) is 0 Å². The van der Waals surface area contributed by atoms with Gasteiger partial charge in [-0.15, -0.1) is 6.58 Å². The van der Waals surface area contributed by atoms with Gasteiger partial charge >= 0.3 is 0 Å². The molecule has 0 heterocycles. The molecule has 1 aromatic carbocycles. The molecule has 4 heteroatoms. The number of hydrogen-bond donors (Lipinski definition) is 3. The number of phenolic OH excluding ortho intramolecular Hbond substituents is 1. The predicted octanol–water partition coefficient (Wildman–Crippen LogP) is 2.88. The third-order valence-corrected chi connectivity index (χ3v) is 3.18. The van der Waals surface area contributed by atoms with Gasteiger partial charge in [-0.2, -0.15) is 0 Å². The first kappa shape index (κ1) is 13.5. The van der Waals surface area contributed by atoms with Crippen molar-refractivity contribution >= 4 is 11.6 Å². The fraction of sp³-hybridized carbons (Fsp3) is 0.400. The maximum atomic E-state index is 9.47. The van der Waals surface area contributed by atoms with Crippen LogP contribution in [0.3, 0.4) is 0 Å². The zero-order chi connectivity index (χ0) is 13.5. The van der Waals surface area contributed by atoms with Crippen molar-refractivity contribution in [1.29, 1.82) is 0 Å². The molecule has 1 saturated carbocycles. The lowest BCUT2D eigenvalue weighted by molar-refractivity contribution is 0.475. The van der Waals surface area contributed by atoms with Gasteiger partial charge in [-0.05, 0) is 25.0 Å². The molecule has 0 unspecified atom stereocenters. The number of rotatable bonds is 4. The summed E-state index contributed by atoms with van der Waals surface area (Å²) in [6.07, 6.45) is 6.70. The van der Waals surface area contributed by atoms with Crippen molar-refractivity contribution < 1.29 is 5.11 Å². The summed E-state index contributed by atoms with van der Waals surface area (Å²) in [5.41, 5.74) is 0.827. The second-order valence-electron chi connectivity index (χ2n) is 4.78. The Kier molecular flexibility index (Phi) is 4.84. The van der Waals surface area contributed by atoms with E-state index in [1.807, 2.05) is 6.07 Å². The lowest BCUT2D eigenvalue weighted by Gasteiger charge is -2.17. The molecule has 102 valence electrons. The quantitative estimate of drug-likeness (QED) is 0.443. The minimum atomic E-state index is 0.244. The number of aliphatic imine (C=N–C) groups is 1. The number of aromatic hydroxyl groups is 1. The molecule has 0 bridgehead atoms. The number of nitrogens with zero attached hydrogens (tertiary/aromatic N) is 1. The SMILES string of the molecule is C=CCN=C(Nc1cccc(O)c1)NC1CCCC1. The van der Waals surface area contributed by atoms with Crippen LogP contribution in [0.25, 0.3) is 0 Å². The molecule has 0 aliphatic heterocycles. The van der Waals surface area contributed by atoms with E-state index in [-0.39, 0.29) is 5.75 Å². The van der Waals surface area contributed by atoms with E-state index >= 15 is 0 Å². The summed E-state index contributed by atoms with van der Waals surface area (Å²) < 4.78 is 0. The van der Waals surface area contributed by atoms with Crippen molar-refractivity contribution in [3.8, 4) is 5.75 Å². The van der Waals surface area contributed by atoms with Crippen LogP contribution in [0.1, 0.15) is 25.7 Å². The molecular weight excluding hydrogens is 238 g/mol. The highest BCUT2D eigenvalue weighted by molar-refractivity contribution is 5.94. The van der Waals surface area contributed by atoms with Gasteiger partial charge < -0.3 is 15.7 Å². The van der Waals surface area contributed by atoms with Gasteiger partial charge in [-0.1, -0.05) is 25.0 Å². The fourth-order valence-electron chi connectivity index (χ4n) is 2.26. The average Bonchev–Trinajstić information content (AvgIpc) is 2.89. The maximum absolute atomic E-state index is 9.47. The molecule has 2 rings (SSSR count). The van der Waals surface area contributed by atoms with E-state index in [1.165, 1.54) is 25.7 Å². The molecule has 0 spiro atoms. The number of guanidine groups is 1. The Morgan fingerprint density at radius 1 is 1.42 bits per heavy atom. The molecule has 0 saturated heterocycles. The summed E-state index contributed by atoms with van der Waals surface area (Å²) in [5, 5.41) is 16.1. The van der Waals surface area contributed by atoms with E-state index in [4.69, 9.17) is 0 Å². The molecule has 1 aliphatic rings. The monoisotopic (exact) mass is 259 g/mol. The smallest absolute Gasteiger partial charge is 0.196 e. The van der Waals surface area contributed by atoms with Crippen LogP contribution >= 0.6 is 0 Å². The zero-order valence-electron chi connectivity index (χ0n) is 11.1. The van der Waals surface area contributed by atoms with E-state index < -0.39 is 0 Å². The van der Waals surface area contributed by atoms with Crippen molar-refractivity contribution in [3.05, 3.63) is 36.9 Å². The topological polar surface area (TPSA) is 56.7 Å². The summed E-state index contributed by atoms with van der Waals surface area (Å²) in [4.78, 5) is 4.43. The summed E-state index contributed by atoms with van der Waals surface area (Å²) in [7, 11) is 0. The Labute approximate surface area is 114 Å². The molecular formula is C15H21N3O. The van der Waals surface area contributed by atoms with Crippen molar-refractivity contribution in [1.82, 2.24) is 5.32 Å². The van der Waals surface area contributed by atoms with Crippen LogP contribution in [-0.2, 0) is 0 Å². The summed E-state index contributed by atoms with van der Waals surface area (Å²) >= 11 is 0. The molecule has 19 heavy (non-hydrogen) atoms. The van der Waals surface area contributed by atoms with Gasteiger partial charge in [0.2, 0.25) is 0 Å². The molecule has 3 N–H and O–H groups in total. The standard InChI is InChI=1S/C15H21N3O/c1-2-10-16-15(17-12-6-3-4-7-12)18-13-8-5-9-14(19)11-13/h2,5,8-9,11-12,19H,1,3-4,6-7,10H2,(H2,16,17,18). The molecule has 1 aliphatic carbocycles. The van der Waals surface area contributed by atoms with Gasteiger partial charge in [-0.3, -0.25) is 0 Å². The molecule has 0 atom stereocenters. The van der Waals surface area contributed by atoms with Crippen LogP contribution in [-0.4, -0.2) is 23.7 Å².